The first-order valence-electron chi connectivity index (χ1n) is 11.5. The third kappa shape index (κ3) is 7.89. The zero-order valence-electron chi connectivity index (χ0n) is 19.6. The highest BCUT2D eigenvalue weighted by Crippen LogP contribution is 2.31. The molecule has 0 aliphatic carbocycles. The minimum atomic E-state index is -4.79. The summed E-state index contributed by atoms with van der Waals surface area (Å²) in [6.07, 6.45) is -0.608. The van der Waals surface area contributed by atoms with Gasteiger partial charge in [-0.25, -0.2) is 0 Å². The van der Waals surface area contributed by atoms with Gasteiger partial charge >= 0.3 is 6.36 Å². The molecule has 0 saturated carbocycles. The zero-order valence-corrected chi connectivity index (χ0v) is 21.2. The fourth-order valence-corrected chi connectivity index (χ4v) is 4.25. The lowest BCUT2D eigenvalue weighted by Crippen LogP contribution is -2.46. The first-order chi connectivity index (χ1) is 17.7. The number of nitrogens with zero attached hydrogens (tertiary/aromatic N) is 2. The maximum absolute atomic E-state index is 12.8. The predicted molar refractivity (Wildman–Crippen MR) is 142 cm³/mol. The Labute approximate surface area is 223 Å². The van der Waals surface area contributed by atoms with Crippen LogP contribution in [0.25, 0.3) is 6.08 Å². The van der Waals surface area contributed by atoms with Gasteiger partial charge in [-0.3, -0.25) is 9.69 Å². The smallest absolute Gasteiger partial charge is 0.406 e. The van der Waals surface area contributed by atoms with Crippen LogP contribution in [0.5, 0.6) is 5.75 Å². The van der Waals surface area contributed by atoms with Crippen molar-refractivity contribution >= 4 is 46.6 Å². The van der Waals surface area contributed by atoms with E-state index in [0.717, 1.165) is 56.1 Å². The van der Waals surface area contributed by atoms with Gasteiger partial charge in [-0.1, -0.05) is 47.5 Å². The van der Waals surface area contributed by atoms with Crippen LogP contribution in [0.15, 0.2) is 72.8 Å². The van der Waals surface area contributed by atoms with E-state index in [9.17, 15) is 18.0 Å². The predicted octanol–water partition coefficient (Wildman–Crippen LogP) is 6.98. The average Bonchev–Trinajstić information content (AvgIpc) is 2.86. The van der Waals surface area contributed by atoms with Gasteiger partial charge in [-0.2, -0.15) is 0 Å². The molecule has 3 aromatic carbocycles. The first-order valence-corrected chi connectivity index (χ1v) is 12.3. The fraction of sp³-hybridized carbons (Fsp3) is 0.222. The Hall–Kier alpha value is -3.20. The van der Waals surface area contributed by atoms with Crippen molar-refractivity contribution in [2.45, 2.75) is 6.36 Å². The van der Waals surface area contributed by atoms with Gasteiger partial charge < -0.3 is 15.0 Å². The SMILES string of the molecule is O=C(Nc1ccc(Cl)cc1N1CCN(CC=Cc2ccc(Cl)cc2)CC1)c1ccc(OC(F)(F)F)cc1. The summed E-state index contributed by atoms with van der Waals surface area (Å²) < 4.78 is 41.0. The Morgan fingerprint density at radius 1 is 0.919 bits per heavy atom. The van der Waals surface area contributed by atoms with Crippen LogP contribution in [0.4, 0.5) is 24.5 Å². The number of ether oxygens (including phenoxy) is 1. The molecule has 1 N–H and O–H groups in total. The van der Waals surface area contributed by atoms with E-state index in [4.69, 9.17) is 23.2 Å². The molecule has 10 heteroatoms. The van der Waals surface area contributed by atoms with Crippen LogP contribution in [-0.4, -0.2) is 49.9 Å². The number of amides is 1. The molecule has 37 heavy (non-hydrogen) atoms. The summed E-state index contributed by atoms with van der Waals surface area (Å²) in [5.41, 5.74) is 2.65. The maximum atomic E-state index is 12.8. The molecule has 0 atom stereocenters. The lowest BCUT2D eigenvalue weighted by molar-refractivity contribution is -0.274. The van der Waals surface area contributed by atoms with E-state index >= 15 is 0 Å². The average molecular weight is 550 g/mol. The minimum Gasteiger partial charge on any atom is -0.406 e. The molecule has 3 aromatic rings. The molecule has 1 saturated heterocycles. The number of benzene rings is 3. The maximum Gasteiger partial charge on any atom is 0.573 e. The van der Waals surface area contributed by atoms with Gasteiger partial charge in [0.1, 0.15) is 5.75 Å². The third-order valence-electron chi connectivity index (χ3n) is 5.81. The number of hydrogen-bond acceptors (Lipinski definition) is 4. The van der Waals surface area contributed by atoms with Crippen LogP contribution in [0.1, 0.15) is 15.9 Å². The third-order valence-corrected chi connectivity index (χ3v) is 6.30. The van der Waals surface area contributed by atoms with Crippen LogP contribution < -0.4 is 15.0 Å². The van der Waals surface area contributed by atoms with E-state index in [-0.39, 0.29) is 5.56 Å². The van der Waals surface area contributed by atoms with Crippen molar-refractivity contribution < 1.29 is 22.7 Å². The molecule has 0 spiro atoms. The van der Waals surface area contributed by atoms with Gasteiger partial charge in [0.15, 0.2) is 0 Å². The largest absolute Gasteiger partial charge is 0.573 e. The van der Waals surface area contributed by atoms with E-state index in [2.05, 4.69) is 32.0 Å². The van der Waals surface area contributed by atoms with Crippen molar-refractivity contribution in [2.24, 2.45) is 0 Å². The van der Waals surface area contributed by atoms with Crippen LogP contribution in [0, 0.1) is 0 Å². The number of rotatable bonds is 7. The van der Waals surface area contributed by atoms with Crippen molar-refractivity contribution in [2.75, 3.05) is 42.9 Å². The molecule has 0 unspecified atom stereocenters. The minimum absolute atomic E-state index is 0.202. The highest BCUT2D eigenvalue weighted by molar-refractivity contribution is 6.31. The van der Waals surface area contributed by atoms with Crippen LogP contribution in [0.3, 0.4) is 0 Å². The summed E-state index contributed by atoms with van der Waals surface area (Å²) in [5.74, 6) is -0.842. The van der Waals surface area contributed by atoms with Crippen LogP contribution >= 0.6 is 23.2 Å². The van der Waals surface area contributed by atoms with Gasteiger partial charge in [0.05, 0.1) is 11.4 Å². The lowest BCUT2D eigenvalue weighted by atomic mass is 10.1. The standard InChI is InChI=1S/C27H24Cl2F3N3O2/c28-21-7-3-19(4-8-21)2-1-13-34-14-16-35(17-15-34)25-18-22(29)9-12-24(25)33-26(36)20-5-10-23(11-6-20)37-27(30,31)32/h1-12,18H,13-17H2,(H,33,36). The number of nitrogens with one attached hydrogen (secondary N) is 1. The van der Waals surface area contributed by atoms with Gasteiger partial charge in [0.2, 0.25) is 0 Å². The Morgan fingerprint density at radius 2 is 1.57 bits per heavy atom. The number of piperazine rings is 1. The van der Waals surface area contributed by atoms with E-state index in [1.165, 1.54) is 12.1 Å². The number of alkyl halides is 3. The first kappa shape index (κ1) is 26.9. The topological polar surface area (TPSA) is 44.8 Å². The van der Waals surface area contributed by atoms with E-state index in [1.807, 2.05) is 24.3 Å². The van der Waals surface area contributed by atoms with Gasteiger partial charge in [0, 0.05) is 48.3 Å². The number of carbonyl (C=O) groups excluding carboxylic acids is 1. The Balaban J connectivity index is 1.36. The van der Waals surface area contributed by atoms with E-state index in [0.29, 0.717) is 15.7 Å². The Bertz CT molecular complexity index is 1240. The molecule has 1 heterocycles. The van der Waals surface area contributed by atoms with Crippen LogP contribution in [-0.2, 0) is 0 Å². The summed E-state index contributed by atoms with van der Waals surface area (Å²) in [6.45, 7) is 3.93. The number of halogens is 5. The zero-order chi connectivity index (χ0) is 26.4. The quantitative estimate of drug-likeness (QED) is 0.345. The van der Waals surface area contributed by atoms with Crippen LogP contribution in [0.2, 0.25) is 10.0 Å². The summed E-state index contributed by atoms with van der Waals surface area (Å²) in [6, 6.07) is 17.6. The molecular formula is C27H24Cl2F3N3O2. The molecule has 1 aliphatic rings. The van der Waals surface area contributed by atoms with E-state index in [1.54, 1.807) is 18.2 Å². The number of hydrogen-bond donors (Lipinski definition) is 1. The normalized spacial score (nSPS) is 14.7. The highest BCUT2D eigenvalue weighted by Gasteiger charge is 2.31. The summed E-state index contributed by atoms with van der Waals surface area (Å²) in [5, 5.41) is 4.09. The van der Waals surface area contributed by atoms with Crippen molar-refractivity contribution in [1.29, 1.82) is 0 Å². The summed E-state index contributed by atoms with van der Waals surface area (Å²) in [4.78, 5) is 17.3. The number of anilines is 2. The Kier molecular flexibility index (Phi) is 8.63. The summed E-state index contributed by atoms with van der Waals surface area (Å²) in [7, 11) is 0. The van der Waals surface area contributed by atoms with Crippen molar-refractivity contribution in [1.82, 2.24) is 4.90 Å². The second-order valence-electron chi connectivity index (χ2n) is 8.43. The van der Waals surface area contributed by atoms with Gasteiger partial charge in [-0.15, -0.1) is 13.2 Å². The molecule has 0 bridgehead atoms. The number of carbonyl (C=O) groups is 1. The molecule has 5 nitrogen and oxygen atoms in total. The summed E-state index contributed by atoms with van der Waals surface area (Å²) >= 11 is 12.2. The van der Waals surface area contributed by atoms with Crippen molar-refractivity contribution in [3.63, 3.8) is 0 Å². The second-order valence-corrected chi connectivity index (χ2v) is 9.30. The Morgan fingerprint density at radius 3 is 2.22 bits per heavy atom. The molecule has 0 aromatic heterocycles. The molecule has 1 fully saturated rings. The lowest BCUT2D eigenvalue weighted by Gasteiger charge is -2.36. The van der Waals surface area contributed by atoms with Gasteiger partial charge in [-0.05, 0) is 60.2 Å². The van der Waals surface area contributed by atoms with Crippen molar-refractivity contribution in [3.05, 3.63) is 94.0 Å². The molecule has 0 radical (unpaired) electrons. The molecule has 1 aliphatic heterocycles. The highest BCUT2D eigenvalue weighted by atomic mass is 35.5. The monoisotopic (exact) mass is 549 g/mol. The fourth-order valence-electron chi connectivity index (χ4n) is 3.96. The molecule has 1 amide bonds. The molecular weight excluding hydrogens is 526 g/mol. The molecule has 4 rings (SSSR count). The molecule has 194 valence electrons. The van der Waals surface area contributed by atoms with Crippen molar-refractivity contribution in [3.8, 4) is 5.75 Å². The van der Waals surface area contributed by atoms with E-state index < -0.39 is 18.0 Å². The van der Waals surface area contributed by atoms with Gasteiger partial charge in [0.25, 0.3) is 5.91 Å². The second kappa shape index (κ2) is 11.9.